The van der Waals surface area contributed by atoms with Crippen LogP contribution in [0.3, 0.4) is 0 Å². The van der Waals surface area contributed by atoms with Crippen molar-refractivity contribution in [1.29, 1.82) is 0 Å². The second kappa shape index (κ2) is 8.72. The van der Waals surface area contributed by atoms with Crippen molar-refractivity contribution >= 4 is 32.3 Å². The van der Waals surface area contributed by atoms with Gasteiger partial charge in [-0.2, -0.15) is 0 Å². The van der Waals surface area contributed by atoms with Crippen LogP contribution in [0.4, 0.5) is 0 Å². The predicted molar refractivity (Wildman–Crippen MR) is 188 cm³/mol. The Morgan fingerprint density at radius 3 is 2.00 bits per heavy atom. The van der Waals surface area contributed by atoms with Crippen molar-refractivity contribution < 1.29 is 0 Å². The van der Waals surface area contributed by atoms with Gasteiger partial charge in [0, 0.05) is 5.41 Å². The summed E-state index contributed by atoms with van der Waals surface area (Å²) in [4.78, 5) is 0. The lowest BCUT2D eigenvalue weighted by atomic mass is 9.76. The zero-order valence-electron chi connectivity index (χ0n) is 27.4. The average Bonchev–Trinajstić information content (AvgIpc) is 3.39. The zero-order valence-corrected chi connectivity index (χ0v) is 27.4. The minimum atomic E-state index is -0.000219. The molecule has 0 aliphatic heterocycles. The normalized spacial score (nSPS) is 15.0. The van der Waals surface area contributed by atoms with Gasteiger partial charge in [-0.25, -0.2) is 0 Å². The highest BCUT2D eigenvalue weighted by molar-refractivity contribution is 6.33. The van der Waals surface area contributed by atoms with Gasteiger partial charge >= 0.3 is 0 Å². The molecule has 0 amide bonds. The lowest BCUT2D eigenvalue weighted by molar-refractivity contribution is 0.378. The van der Waals surface area contributed by atoms with Gasteiger partial charge in [-0.3, -0.25) is 0 Å². The van der Waals surface area contributed by atoms with E-state index in [4.69, 9.17) is 0 Å². The average molecular weight is 561 g/mol. The van der Waals surface area contributed by atoms with Crippen molar-refractivity contribution in [2.24, 2.45) is 5.41 Å². The minimum absolute atomic E-state index is 0.000219. The van der Waals surface area contributed by atoms with Gasteiger partial charge in [0.15, 0.2) is 0 Å². The number of fused-ring (bicyclic) bond motifs is 6. The quantitative estimate of drug-likeness (QED) is 0.188. The molecule has 0 fully saturated rings. The lowest BCUT2D eigenvalue weighted by Crippen LogP contribution is -2.14. The maximum absolute atomic E-state index is 2.60. The van der Waals surface area contributed by atoms with Crippen LogP contribution in [0.2, 0.25) is 0 Å². The standard InChI is InChI=1S/C43H44/c1-23(2)37-29(18-19-42(5,6)7)27-16-14-25-15-17-28-31-22-36-32(26-12-10-11-13-35(26)43(36,8)9)20-30(31)33-21-34(38(37)24(3)4)41(27)39(25)40(28)33/h10-17,20-24H,18-19H2,1-9H3. The second-order valence-electron chi connectivity index (χ2n) is 15.8. The van der Waals surface area contributed by atoms with Crippen LogP contribution in [0, 0.1) is 5.41 Å². The van der Waals surface area contributed by atoms with E-state index in [1.807, 2.05) is 0 Å². The third-order valence-electron chi connectivity index (χ3n) is 10.8. The Hall–Kier alpha value is -3.64. The largest absolute Gasteiger partial charge is 0.0619 e. The van der Waals surface area contributed by atoms with E-state index in [1.165, 1.54) is 83.2 Å². The van der Waals surface area contributed by atoms with Crippen LogP contribution < -0.4 is 0 Å². The van der Waals surface area contributed by atoms with Crippen molar-refractivity contribution in [3.8, 4) is 33.4 Å². The van der Waals surface area contributed by atoms with E-state index in [2.05, 4.69) is 129 Å². The summed E-state index contributed by atoms with van der Waals surface area (Å²) in [5.41, 5.74) is 16.5. The maximum Gasteiger partial charge on any atom is 0.0159 e. The molecule has 6 aromatic rings. The van der Waals surface area contributed by atoms with Gasteiger partial charge in [0.25, 0.3) is 0 Å². The van der Waals surface area contributed by atoms with Crippen molar-refractivity contribution in [1.82, 2.24) is 0 Å². The molecule has 2 aliphatic rings. The first-order valence-electron chi connectivity index (χ1n) is 16.5. The van der Waals surface area contributed by atoms with Gasteiger partial charge in [0.05, 0.1) is 0 Å². The third kappa shape index (κ3) is 3.56. The van der Waals surface area contributed by atoms with Crippen LogP contribution in [0.15, 0.2) is 66.7 Å². The highest BCUT2D eigenvalue weighted by Crippen LogP contribution is 2.58. The fraction of sp³-hybridized carbons (Fsp3) is 0.349. The van der Waals surface area contributed by atoms with Crippen molar-refractivity contribution in [2.45, 2.75) is 92.4 Å². The summed E-state index contributed by atoms with van der Waals surface area (Å²) in [6.07, 6.45) is 2.32. The van der Waals surface area contributed by atoms with Gasteiger partial charge < -0.3 is 0 Å². The Kier molecular flexibility index (Phi) is 5.46. The first kappa shape index (κ1) is 26.9. The third-order valence-corrected chi connectivity index (χ3v) is 10.8. The summed E-state index contributed by atoms with van der Waals surface area (Å²) in [5.74, 6) is 0.934. The lowest BCUT2D eigenvalue weighted by Gasteiger charge is -2.28. The van der Waals surface area contributed by atoms with E-state index < -0.39 is 0 Å². The first-order valence-corrected chi connectivity index (χ1v) is 16.5. The van der Waals surface area contributed by atoms with E-state index in [0.29, 0.717) is 17.3 Å². The summed E-state index contributed by atoms with van der Waals surface area (Å²) in [7, 11) is 0. The van der Waals surface area contributed by atoms with Crippen LogP contribution in [0.25, 0.3) is 65.7 Å². The summed E-state index contributed by atoms with van der Waals surface area (Å²) in [6.45, 7) is 21.6. The monoisotopic (exact) mass is 560 g/mol. The minimum Gasteiger partial charge on any atom is -0.0619 e. The smallest absolute Gasteiger partial charge is 0.0159 e. The number of benzene rings is 6. The molecule has 0 unspecified atom stereocenters. The van der Waals surface area contributed by atoms with Gasteiger partial charge in [0.1, 0.15) is 0 Å². The van der Waals surface area contributed by atoms with E-state index in [9.17, 15) is 0 Å². The van der Waals surface area contributed by atoms with Gasteiger partial charge in [0.2, 0.25) is 0 Å². The second-order valence-corrected chi connectivity index (χ2v) is 15.8. The molecule has 2 aliphatic carbocycles. The molecule has 0 saturated heterocycles. The summed E-state index contributed by atoms with van der Waals surface area (Å²) in [5, 5.41) is 8.78. The summed E-state index contributed by atoms with van der Waals surface area (Å²) < 4.78 is 0. The molecule has 6 aromatic carbocycles. The molecule has 216 valence electrons. The Labute approximate surface area is 257 Å². The first-order chi connectivity index (χ1) is 20.4. The Morgan fingerprint density at radius 1 is 0.581 bits per heavy atom. The zero-order chi connectivity index (χ0) is 30.2. The highest BCUT2D eigenvalue weighted by atomic mass is 14.4. The van der Waals surface area contributed by atoms with Crippen molar-refractivity contribution in [3.05, 3.63) is 94.5 Å². The van der Waals surface area contributed by atoms with E-state index in [0.717, 1.165) is 6.42 Å². The molecule has 0 aromatic heterocycles. The number of hydrogen-bond donors (Lipinski definition) is 0. The molecule has 0 nitrogen and oxygen atoms in total. The van der Waals surface area contributed by atoms with Crippen molar-refractivity contribution in [2.75, 3.05) is 0 Å². The fourth-order valence-corrected chi connectivity index (χ4v) is 8.86. The molecule has 43 heavy (non-hydrogen) atoms. The van der Waals surface area contributed by atoms with E-state index in [-0.39, 0.29) is 5.41 Å². The highest BCUT2D eigenvalue weighted by Gasteiger charge is 2.38. The molecule has 0 saturated carbocycles. The summed E-state index contributed by atoms with van der Waals surface area (Å²) in [6, 6.07) is 26.4. The maximum atomic E-state index is 2.60. The van der Waals surface area contributed by atoms with Crippen LogP contribution in [-0.4, -0.2) is 0 Å². The molecule has 0 heteroatoms. The molecule has 0 bridgehead atoms. The molecule has 0 heterocycles. The predicted octanol–water partition coefficient (Wildman–Crippen LogP) is 12.8. The summed E-state index contributed by atoms with van der Waals surface area (Å²) >= 11 is 0. The number of hydrogen-bond acceptors (Lipinski definition) is 0. The van der Waals surface area contributed by atoms with Crippen LogP contribution in [0.1, 0.15) is 108 Å². The molecular formula is C43H44. The Balaban J connectivity index is 1.51. The number of aryl methyl sites for hydroxylation is 1. The molecule has 0 atom stereocenters. The van der Waals surface area contributed by atoms with Crippen molar-refractivity contribution in [3.63, 3.8) is 0 Å². The van der Waals surface area contributed by atoms with Gasteiger partial charge in [-0.05, 0) is 142 Å². The van der Waals surface area contributed by atoms with E-state index >= 15 is 0 Å². The number of rotatable bonds is 4. The fourth-order valence-electron chi connectivity index (χ4n) is 8.86. The van der Waals surface area contributed by atoms with Gasteiger partial charge in [-0.1, -0.05) is 111 Å². The van der Waals surface area contributed by atoms with E-state index in [1.54, 1.807) is 16.7 Å². The van der Waals surface area contributed by atoms with Crippen LogP contribution in [-0.2, 0) is 11.8 Å². The van der Waals surface area contributed by atoms with Crippen LogP contribution in [0.5, 0.6) is 0 Å². The Bertz CT molecular complexity index is 2120. The molecular weight excluding hydrogens is 516 g/mol. The molecule has 0 radical (unpaired) electrons. The molecule has 0 spiro atoms. The van der Waals surface area contributed by atoms with Crippen LogP contribution >= 0.6 is 0 Å². The molecule has 8 rings (SSSR count). The Morgan fingerprint density at radius 2 is 1.28 bits per heavy atom. The van der Waals surface area contributed by atoms with Gasteiger partial charge in [-0.15, -0.1) is 0 Å². The topological polar surface area (TPSA) is 0 Å². The SMILES string of the molecule is CC(C)c1c(CCC(C)(C)C)c2ccc3ccc4c5c(cc(c1C(C)C)c2c35)-c1cc2c(cc1-4)C(C)(C)c1ccccc1-2. The molecule has 0 N–H and O–H groups in total.